The second-order valence-electron chi connectivity index (χ2n) is 7.09. The molecule has 2 aromatic carbocycles. The van der Waals surface area contributed by atoms with Crippen LogP contribution in [0.25, 0.3) is 0 Å². The van der Waals surface area contributed by atoms with Crippen LogP contribution >= 0.6 is 0 Å². The fourth-order valence-corrected chi connectivity index (χ4v) is 5.22. The van der Waals surface area contributed by atoms with Gasteiger partial charge in [-0.1, -0.05) is 42.5 Å². The molecular formula is C22H20N2O4S. The number of rotatable bonds is 5. The Balaban J connectivity index is 1.62. The molecule has 0 bridgehead atoms. The molecule has 3 aromatic rings. The quantitative estimate of drug-likeness (QED) is 0.608. The van der Waals surface area contributed by atoms with E-state index in [1.165, 1.54) is 12.1 Å². The van der Waals surface area contributed by atoms with Gasteiger partial charge < -0.3 is 4.57 Å². The van der Waals surface area contributed by atoms with Gasteiger partial charge in [0.05, 0.1) is 5.56 Å². The number of ketones is 1. The molecule has 1 aliphatic rings. The molecule has 0 aliphatic carbocycles. The third-order valence-corrected chi connectivity index (χ3v) is 7.04. The zero-order valence-corrected chi connectivity index (χ0v) is 16.9. The molecule has 0 atom stereocenters. The lowest BCUT2D eigenvalue weighted by Gasteiger charge is -2.14. The Bertz CT molecular complexity index is 1230. The third kappa shape index (κ3) is 3.17. The van der Waals surface area contributed by atoms with Gasteiger partial charge in [0, 0.05) is 23.5 Å². The first-order valence-electron chi connectivity index (χ1n) is 9.20. The van der Waals surface area contributed by atoms with Gasteiger partial charge in [0.15, 0.2) is 5.78 Å². The summed E-state index contributed by atoms with van der Waals surface area (Å²) >= 11 is 0. The molecule has 29 heavy (non-hydrogen) atoms. The predicted octanol–water partition coefficient (Wildman–Crippen LogP) is 3.18. The molecule has 0 saturated carbocycles. The molecule has 148 valence electrons. The van der Waals surface area contributed by atoms with E-state index in [9.17, 15) is 18.0 Å². The van der Waals surface area contributed by atoms with Gasteiger partial charge in [0.1, 0.15) is 11.4 Å². The van der Waals surface area contributed by atoms with Crippen LogP contribution in [0.4, 0.5) is 0 Å². The zero-order chi connectivity index (χ0) is 20.8. The maximum Gasteiger partial charge on any atom is 0.269 e. The van der Waals surface area contributed by atoms with E-state index in [-0.39, 0.29) is 10.5 Å². The van der Waals surface area contributed by atoms with E-state index in [0.717, 1.165) is 17.0 Å². The van der Waals surface area contributed by atoms with Crippen molar-refractivity contribution in [2.24, 2.45) is 0 Å². The Morgan fingerprint density at radius 1 is 0.966 bits per heavy atom. The van der Waals surface area contributed by atoms with Crippen molar-refractivity contribution >= 4 is 21.7 Å². The highest BCUT2D eigenvalue weighted by molar-refractivity contribution is 7.90. The molecule has 0 N–H and O–H groups in total. The summed E-state index contributed by atoms with van der Waals surface area (Å²) in [6.45, 7) is 3.84. The van der Waals surface area contributed by atoms with Crippen molar-refractivity contribution in [3.63, 3.8) is 0 Å². The summed E-state index contributed by atoms with van der Waals surface area (Å²) in [4.78, 5) is 25.5. The number of sulfonamides is 1. The SMILES string of the molecule is Cc1cc(C(=O)CN2C(=O)c3ccccc3S2(=O)=O)c(C)n1Cc1ccccc1. The Labute approximate surface area is 169 Å². The molecule has 1 amide bonds. The second kappa shape index (κ2) is 7.00. The number of benzene rings is 2. The average molecular weight is 408 g/mol. The Morgan fingerprint density at radius 3 is 2.31 bits per heavy atom. The van der Waals surface area contributed by atoms with Crippen molar-refractivity contribution < 1.29 is 18.0 Å². The number of hydrogen-bond acceptors (Lipinski definition) is 4. The lowest BCUT2D eigenvalue weighted by molar-refractivity contribution is 0.0820. The largest absolute Gasteiger partial charge is 0.344 e. The van der Waals surface area contributed by atoms with Crippen LogP contribution in [-0.4, -0.2) is 35.5 Å². The maximum absolute atomic E-state index is 13.0. The number of carbonyl (C=O) groups is 2. The molecule has 0 spiro atoms. The number of aryl methyl sites for hydroxylation is 1. The van der Waals surface area contributed by atoms with Crippen LogP contribution < -0.4 is 0 Å². The molecule has 0 saturated heterocycles. The lowest BCUT2D eigenvalue weighted by Crippen LogP contribution is -2.35. The summed E-state index contributed by atoms with van der Waals surface area (Å²) in [5.41, 5.74) is 3.28. The van der Waals surface area contributed by atoms with Gasteiger partial charge in [0.25, 0.3) is 15.9 Å². The fourth-order valence-electron chi connectivity index (χ4n) is 3.70. The fraction of sp³-hybridized carbons (Fsp3) is 0.182. The summed E-state index contributed by atoms with van der Waals surface area (Å²) in [5, 5.41) is 0. The Kier molecular flexibility index (Phi) is 4.62. The smallest absolute Gasteiger partial charge is 0.269 e. The highest BCUT2D eigenvalue weighted by atomic mass is 32.2. The van der Waals surface area contributed by atoms with E-state index in [4.69, 9.17) is 0 Å². The first-order chi connectivity index (χ1) is 13.8. The van der Waals surface area contributed by atoms with Gasteiger partial charge >= 0.3 is 0 Å². The van der Waals surface area contributed by atoms with E-state index >= 15 is 0 Å². The van der Waals surface area contributed by atoms with Gasteiger partial charge in [-0.2, -0.15) is 0 Å². The number of hydrogen-bond donors (Lipinski definition) is 0. The average Bonchev–Trinajstić information content (AvgIpc) is 3.09. The van der Waals surface area contributed by atoms with Crippen molar-refractivity contribution in [2.75, 3.05) is 6.54 Å². The first kappa shape index (κ1) is 19.1. The monoisotopic (exact) mass is 408 g/mol. The normalized spacial score (nSPS) is 14.8. The van der Waals surface area contributed by atoms with Crippen molar-refractivity contribution in [3.8, 4) is 0 Å². The summed E-state index contributed by atoms with van der Waals surface area (Å²) in [6.07, 6.45) is 0. The zero-order valence-electron chi connectivity index (χ0n) is 16.1. The van der Waals surface area contributed by atoms with Gasteiger partial charge in [-0.05, 0) is 37.6 Å². The van der Waals surface area contributed by atoms with Crippen LogP contribution in [0, 0.1) is 13.8 Å². The van der Waals surface area contributed by atoms with Crippen LogP contribution in [0.5, 0.6) is 0 Å². The molecule has 0 radical (unpaired) electrons. The minimum absolute atomic E-state index is 0.0487. The van der Waals surface area contributed by atoms with Crippen LogP contribution in [0.15, 0.2) is 65.6 Å². The van der Waals surface area contributed by atoms with E-state index in [1.807, 2.05) is 48.7 Å². The van der Waals surface area contributed by atoms with Crippen LogP contribution in [-0.2, 0) is 16.6 Å². The molecule has 4 rings (SSSR count). The van der Waals surface area contributed by atoms with Gasteiger partial charge in [-0.25, -0.2) is 12.7 Å². The molecule has 1 aromatic heterocycles. The highest BCUT2D eigenvalue weighted by Crippen LogP contribution is 2.30. The minimum Gasteiger partial charge on any atom is -0.344 e. The first-order valence-corrected chi connectivity index (χ1v) is 10.6. The molecule has 2 heterocycles. The summed E-state index contributed by atoms with van der Waals surface area (Å²) in [7, 11) is -4.01. The number of aromatic nitrogens is 1. The molecule has 0 unspecified atom stereocenters. The van der Waals surface area contributed by atoms with Crippen molar-refractivity contribution in [1.29, 1.82) is 0 Å². The van der Waals surface area contributed by atoms with Crippen LogP contribution in [0.2, 0.25) is 0 Å². The van der Waals surface area contributed by atoms with E-state index in [2.05, 4.69) is 0 Å². The Morgan fingerprint density at radius 2 is 1.62 bits per heavy atom. The maximum atomic E-state index is 13.0. The Hall–Kier alpha value is -3.19. The summed E-state index contributed by atoms with van der Waals surface area (Å²) in [5.74, 6) is -1.06. The molecule has 0 fully saturated rings. The number of nitrogens with zero attached hydrogens (tertiary/aromatic N) is 2. The number of carbonyl (C=O) groups excluding carboxylic acids is 2. The van der Waals surface area contributed by atoms with Gasteiger partial charge in [0.2, 0.25) is 0 Å². The molecular weight excluding hydrogens is 388 g/mol. The number of fused-ring (bicyclic) bond motifs is 1. The topological polar surface area (TPSA) is 76.5 Å². The number of Topliss-reactive ketones (excluding diaryl/α,β-unsaturated/α-hetero) is 1. The van der Waals surface area contributed by atoms with Crippen LogP contribution in [0.3, 0.4) is 0 Å². The summed E-state index contributed by atoms with van der Waals surface area (Å²) in [6, 6.07) is 17.6. The molecule has 1 aliphatic heterocycles. The van der Waals surface area contributed by atoms with Gasteiger partial charge in [-0.15, -0.1) is 0 Å². The lowest BCUT2D eigenvalue weighted by atomic mass is 10.1. The highest BCUT2D eigenvalue weighted by Gasteiger charge is 2.42. The van der Waals surface area contributed by atoms with Gasteiger partial charge in [-0.3, -0.25) is 9.59 Å². The molecule has 6 nitrogen and oxygen atoms in total. The molecule has 7 heteroatoms. The number of amides is 1. The van der Waals surface area contributed by atoms with Crippen molar-refractivity contribution in [1.82, 2.24) is 8.87 Å². The predicted molar refractivity (Wildman–Crippen MR) is 108 cm³/mol. The standard InChI is InChI=1S/C22H20N2O4S/c1-15-12-19(16(2)23(15)13-17-8-4-3-5-9-17)20(25)14-24-22(26)18-10-6-7-11-21(18)29(24,27)28/h3-12H,13-14H2,1-2H3. The second-order valence-corrected chi connectivity index (χ2v) is 8.92. The van der Waals surface area contributed by atoms with Crippen molar-refractivity contribution in [3.05, 3.63) is 88.7 Å². The van der Waals surface area contributed by atoms with Crippen molar-refractivity contribution in [2.45, 2.75) is 25.3 Å². The minimum atomic E-state index is -4.01. The van der Waals surface area contributed by atoms with E-state index in [1.54, 1.807) is 18.2 Å². The van der Waals surface area contributed by atoms with E-state index in [0.29, 0.717) is 16.4 Å². The third-order valence-electron chi connectivity index (χ3n) is 5.26. The van der Waals surface area contributed by atoms with Crippen LogP contribution in [0.1, 0.15) is 37.7 Å². The van der Waals surface area contributed by atoms with E-state index < -0.39 is 28.3 Å². The summed E-state index contributed by atoms with van der Waals surface area (Å²) < 4.78 is 28.1.